The van der Waals surface area contributed by atoms with E-state index in [9.17, 15) is 4.79 Å². The number of carbonyl (C=O) groups excluding carboxylic acids is 1. The van der Waals surface area contributed by atoms with Crippen LogP contribution in [-0.4, -0.2) is 29.9 Å². The van der Waals surface area contributed by atoms with E-state index in [1.165, 1.54) is 19.3 Å². The summed E-state index contributed by atoms with van der Waals surface area (Å²) in [5.74, 6) is 0.980. The molecule has 104 valence electrons. The maximum Gasteiger partial charge on any atom is 0.226 e. The van der Waals surface area contributed by atoms with Crippen molar-refractivity contribution in [3.63, 3.8) is 0 Å². The molecule has 1 aliphatic heterocycles. The van der Waals surface area contributed by atoms with E-state index >= 15 is 0 Å². The standard InChI is InChI=1S/C15H28N2O/c1-11-13(16)8-7-12(15(11,2)3)14(18)17-9-5-4-6-10-17/h11-13H,4-10,16H2,1-3H3. The Hall–Kier alpha value is -0.570. The fourth-order valence-corrected chi connectivity index (χ4v) is 3.63. The second-order valence-electron chi connectivity index (χ2n) is 6.79. The molecular formula is C15H28N2O. The van der Waals surface area contributed by atoms with E-state index in [0.29, 0.717) is 11.8 Å². The van der Waals surface area contributed by atoms with Gasteiger partial charge in [-0.15, -0.1) is 0 Å². The lowest BCUT2D eigenvalue weighted by Crippen LogP contribution is -2.53. The molecule has 3 unspecified atom stereocenters. The van der Waals surface area contributed by atoms with Gasteiger partial charge in [0.25, 0.3) is 0 Å². The van der Waals surface area contributed by atoms with Crippen LogP contribution in [0.3, 0.4) is 0 Å². The van der Waals surface area contributed by atoms with Gasteiger partial charge in [-0.3, -0.25) is 4.79 Å². The van der Waals surface area contributed by atoms with Crippen LogP contribution in [0.2, 0.25) is 0 Å². The molecule has 1 aliphatic carbocycles. The van der Waals surface area contributed by atoms with Crippen LogP contribution in [0, 0.1) is 17.3 Å². The van der Waals surface area contributed by atoms with Crippen LogP contribution in [0.15, 0.2) is 0 Å². The van der Waals surface area contributed by atoms with Crippen LogP contribution >= 0.6 is 0 Å². The van der Waals surface area contributed by atoms with Gasteiger partial charge >= 0.3 is 0 Å². The Morgan fingerprint density at radius 1 is 1.17 bits per heavy atom. The summed E-state index contributed by atoms with van der Waals surface area (Å²) in [5, 5.41) is 0. The van der Waals surface area contributed by atoms with E-state index in [2.05, 4.69) is 25.7 Å². The molecule has 3 heteroatoms. The smallest absolute Gasteiger partial charge is 0.226 e. The molecule has 2 aliphatic rings. The fraction of sp³-hybridized carbons (Fsp3) is 0.933. The van der Waals surface area contributed by atoms with Gasteiger partial charge in [-0.05, 0) is 43.4 Å². The van der Waals surface area contributed by atoms with E-state index in [0.717, 1.165) is 25.9 Å². The normalized spacial score (nSPS) is 36.4. The van der Waals surface area contributed by atoms with Crippen molar-refractivity contribution in [2.24, 2.45) is 23.0 Å². The second-order valence-corrected chi connectivity index (χ2v) is 6.79. The Morgan fingerprint density at radius 3 is 2.39 bits per heavy atom. The highest BCUT2D eigenvalue weighted by Gasteiger charge is 2.46. The lowest BCUT2D eigenvalue weighted by Gasteiger charge is -2.47. The van der Waals surface area contributed by atoms with Crippen LogP contribution in [0.1, 0.15) is 52.9 Å². The average molecular weight is 252 g/mol. The minimum absolute atomic E-state index is 0.0339. The zero-order valence-corrected chi connectivity index (χ0v) is 12.1. The molecule has 0 aromatic carbocycles. The van der Waals surface area contributed by atoms with Gasteiger partial charge in [-0.2, -0.15) is 0 Å². The third-order valence-electron chi connectivity index (χ3n) is 5.47. The molecule has 0 aromatic heterocycles. The molecule has 2 fully saturated rings. The Bertz CT molecular complexity index is 308. The molecule has 0 bridgehead atoms. The second kappa shape index (κ2) is 5.20. The molecule has 2 N–H and O–H groups in total. The first-order valence-corrected chi connectivity index (χ1v) is 7.49. The van der Waals surface area contributed by atoms with Gasteiger partial charge in [-0.1, -0.05) is 20.8 Å². The van der Waals surface area contributed by atoms with Crippen LogP contribution in [0.5, 0.6) is 0 Å². The molecule has 0 radical (unpaired) electrons. The van der Waals surface area contributed by atoms with Crippen LogP contribution in [0.4, 0.5) is 0 Å². The van der Waals surface area contributed by atoms with Crippen molar-refractivity contribution in [1.82, 2.24) is 4.90 Å². The highest BCUT2D eigenvalue weighted by Crippen LogP contribution is 2.45. The number of amides is 1. The number of hydrogen-bond acceptors (Lipinski definition) is 2. The van der Waals surface area contributed by atoms with Gasteiger partial charge in [0, 0.05) is 25.0 Å². The molecule has 0 spiro atoms. The van der Waals surface area contributed by atoms with Crippen LogP contribution < -0.4 is 5.73 Å². The van der Waals surface area contributed by atoms with E-state index in [-0.39, 0.29) is 17.4 Å². The van der Waals surface area contributed by atoms with Crippen molar-refractivity contribution >= 4 is 5.91 Å². The number of carbonyl (C=O) groups is 1. The summed E-state index contributed by atoms with van der Waals surface area (Å²) in [6, 6.07) is 0.255. The van der Waals surface area contributed by atoms with E-state index < -0.39 is 0 Å². The zero-order chi connectivity index (χ0) is 13.3. The summed E-state index contributed by atoms with van der Waals surface area (Å²) in [6.07, 6.45) is 5.59. The van der Waals surface area contributed by atoms with Gasteiger partial charge in [-0.25, -0.2) is 0 Å². The Kier molecular flexibility index (Phi) is 4.00. The molecule has 2 rings (SSSR count). The van der Waals surface area contributed by atoms with Crippen molar-refractivity contribution in [2.45, 2.75) is 58.9 Å². The van der Waals surface area contributed by atoms with Gasteiger partial charge in [0.15, 0.2) is 0 Å². The largest absolute Gasteiger partial charge is 0.342 e. The maximum absolute atomic E-state index is 12.7. The van der Waals surface area contributed by atoms with Gasteiger partial charge in [0.05, 0.1) is 0 Å². The summed E-state index contributed by atoms with van der Waals surface area (Å²) >= 11 is 0. The Labute approximate surface area is 111 Å². The van der Waals surface area contributed by atoms with Gasteiger partial charge < -0.3 is 10.6 Å². The minimum atomic E-state index is 0.0339. The number of piperidine rings is 1. The minimum Gasteiger partial charge on any atom is -0.342 e. The van der Waals surface area contributed by atoms with Crippen molar-refractivity contribution in [1.29, 1.82) is 0 Å². The lowest BCUT2D eigenvalue weighted by atomic mass is 9.60. The zero-order valence-electron chi connectivity index (χ0n) is 12.1. The molecule has 1 amide bonds. The number of nitrogens with zero attached hydrogens (tertiary/aromatic N) is 1. The first-order valence-electron chi connectivity index (χ1n) is 7.49. The number of rotatable bonds is 1. The molecule has 1 saturated heterocycles. The Balaban J connectivity index is 2.09. The molecule has 1 saturated carbocycles. The van der Waals surface area contributed by atoms with Crippen molar-refractivity contribution in [3.05, 3.63) is 0 Å². The fourth-order valence-electron chi connectivity index (χ4n) is 3.63. The lowest BCUT2D eigenvalue weighted by molar-refractivity contribution is -0.144. The Morgan fingerprint density at radius 2 is 1.78 bits per heavy atom. The molecular weight excluding hydrogens is 224 g/mol. The first-order chi connectivity index (χ1) is 8.44. The quantitative estimate of drug-likeness (QED) is 0.779. The third-order valence-corrected chi connectivity index (χ3v) is 5.47. The molecule has 3 nitrogen and oxygen atoms in total. The third kappa shape index (κ3) is 2.42. The van der Waals surface area contributed by atoms with Crippen molar-refractivity contribution in [2.75, 3.05) is 13.1 Å². The maximum atomic E-state index is 12.7. The summed E-state index contributed by atoms with van der Waals surface area (Å²) in [7, 11) is 0. The number of hydrogen-bond donors (Lipinski definition) is 1. The summed E-state index contributed by atoms with van der Waals surface area (Å²) < 4.78 is 0. The van der Waals surface area contributed by atoms with Crippen molar-refractivity contribution < 1.29 is 4.79 Å². The highest BCUT2D eigenvalue weighted by molar-refractivity contribution is 5.80. The summed E-state index contributed by atoms with van der Waals surface area (Å²) in [5.41, 5.74) is 6.20. The summed E-state index contributed by atoms with van der Waals surface area (Å²) in [6.45, 7) is 8.59. The van der Waals surface area contributed by atoms with Crippen LogP contribution in [-0.2, 0) is 4.79 Å². The van der Waals surface area contributed by atoms with Crippen LogP contribution in [0.25, 0.3) is 0 Å². The van der Waals surface area contributed by atoms with Gasteiger partial charge in [0.1, 0.15) is 0 Å². The average Bonchev–Trinajstić information content (AvgIpc) is 2.36. The number of likely N-dealkylation sites (tertiary alicyclic amines) is 1. The molecule has 0 aromatic rings. The van der Waals surface area contributed by atoms with Crippen molar-refractivity contribution in [3.8, 4) is 0 Å². The van der Waals surface area contributed by atoms with E-state index in [4.69, 9.17) is 5.73 Å². The topological polar surface area (TPSA) is 46.3 Å². The predicted octanol–water partition coefficient (Wildman–Crippen LogP) is 2.40. The molecule has 3 atom stereocenters. The first kappa shape index (κ1) is 13.9. The predicted molar refractivity (Wildman–Crippen MR) is 74.1 cm³/mol. The summed E-state index contributed by atoms with van der Waals surface area (Å²) in [4.78, 5) is 14.8. The van der Waals surface area contributed by atoms with E-state index in [1.807, 2.05) is 0 Å². The molecule has 1 heterocycles. The SMILES string of the molecule is CC1C(N)CCC(C(=O)N2CCCCC2)C1(C)C. The highest BCUT2D eigenvalue weighted by atomic mass is 16.2. The number of nitrogens with two attached hydrogens (primary N) is 1. The van der Waals surface area contributed by atoms with Gasteiger partial charge in [0.2, 0.25) is 5.91 Å². The molecule has 18 heavy (non-hydrogen) atoms. The monoisotopic (exact) mass is 252 g/mol. The van der Waals surface area contributed by atoms with E-state index in [1.54, 1.807) is 0 Å².